The van der Waals surface area contributed by atoms with Crippen LogP contribution in [0.4, 0.5) is 5.69 Å². The Kier molecular flexibility index (Phi) is 3.97. The normalized spacial score (nSPS) is 19.1. The standard InChI is InChI=1S/C17H23N3O/c1-19-15-7-3-2-6-14(15)16(11-17(19)21)20-10-4-5-13(12-20)8-9-18/h2-3,6-7,11,13H,4-5,8-10,12,18H2,1H3. The summed E-state index contributed by atoms with van der Waals surface area (Å²) in [5.74, 6) is 0.645. The molecular formula is C17H23N3O. The first-order valence-electron chi connectivity index (χ1n) is 7.74. The summed E-state index contributed by atoms with van der Waals surface area (Å²) in [6.45, 7) is 2.78. The number of para-hydroxylation sites is 1. The topological polar surface area (TPSA) is 51.3 Å². The zero-order valence-corrected chi connectivity index (χ0v) is 12.6. The molecule has 1 aromatic carbocycles. The van der Waals surface area contributed by atoms with Crippen molar-refractivity contribution in [2.45, 2.75) is 19.3 Å². The summed E-state index contributed by atoms with van der Waals surface area (Å²) in [7, 11) is 1.84. The van der Waals surface area contributed by atoms with Gasteiger partial charge in [-0.15, -0.1) is 0 Å². The molecule has 0 amide bonds. The van der Waals surface area contributed by atoms with E-state index in [0.717, 1.165) is 42.6 Å². The average molecular weight is 285 g/mol. The number of pyridine rings is 1. The molecule has 2 N–H and O–H groups in total. The molecule has 1 atom stereocenters. The molecule has 112 valence electrons. The van der Waals surface area contributed by atoms with Crippen LogP contribution in [0.3, 0.4) is 0 Å². The lowest BCUT2D eigenvalue weighted by Crippen LogP contribution is -2.37. The molecule has 0 aliphatic carbocycles. The molecule has 1 aliphatic rings. The summed E-state index contributed by atoms with van der Waals surface area (Å²) >= 11 is 0. The SMILES string of the molecule is Cn1c(=O)cc(N2CCCC(CCN)C2)c2ccccc21. The molecule has 21 heavy (non-hydrogen) atoms. The monoisotopic (exact) mass is 285 g/mol. The van der Waals surface area contributed by atoms with Crippen LogP contribution < -0.4 is 16.2 Å². The second-order valence-corrected chi connectivity index (χ2v) is 5.98. The fourth-order valence-corrected chi connectivity index (χ4v) is 3.41. The highest BCUT2D eigenvalue weighted by Gasteiger charge is 2.21. The van der Waals surface area contributed by atoms with Crippen LogP contribution in [0, 0.1) is 5.92 Å². The van der Waals surface area contributed by atoms with E-state index in [9.17, 15) is 4.79 Å². The molecule has 2 aromatic rings. The molecule has 0 saturated carbocycles. The van der Waals surface area contributed by atoms with Crippen molar-refractivity contribution in [2.24, 2.45) is 18.7 Å². The fourth-order valence-electron chi connectivity index (χ4n) is 3.41. The van der Waals surface area contributed by atoms with E-state index >= 15 is 0 Å². The molecule has 1 saturated heterocycles. The Morgan fingerprint density at radius 2 is 2.14 bits per heavy atom. The number of nitrogens with two attached hydrogens (primary N) is 1. The van der Waals surface area contributed by atoms with Gasteiger partial charge in [0.2, 0.25) is 0 Å². The van der Waals surface area contributed by atoms with Gasteiger partial charge in [-0.3, -0.25) is 4.79 Å². The van der Waals surface area contributed by atoms with E-state index in [1.165, 1.54) is 12.8 Å². The first-order chi connectivity index (χ1) is 10.2. The number of rotatable bonds is 3. The highest BCUT2D eigenvalue weighted by Crippen LogP contribution is 2.29. The van der Waals surface area contributed by atoms with Crippen LogP contribution in [-0.4, -0.2) is 24.2 Å². The molecular weight excluding hydrogens is 262 g/mol. The molecule has 0 spiro atoms. The number of hydrogen-bond acceptors (Lipinski definition) is 3. The molecule has 2 heterocycles. The summed E-state index contributed by atoms with van der Waals surface area (Å²) in [6.07, 6.45) is 3.49. The number of aryl methyl sites for hydroxylation is 1. The van der Waals surface area contributed by atoms with Crippen molar-refractivity contribution in [1.29, 1.82) is 0 Å². The molecule has 1 aromatic heterocycles. The number of nitrogens with zero attached hydrogens (tertiary/aromatic N) is 2. The lowest BCUT2D eigenvalue weighted by molar-refractivity contribution is 0.396. The Bertz CT molecular complexity index is 690. The van der Waals surface area contributed by atoms with E-state index in [2.05, 4.69) is 11.0 Å². The summed E-state index contributed by atoms with van der Waals surface area (Å²) in [5, 5.41) is 1.16. The first-order valence-corrected chi connectivity index (χ1v) is 7.74. The van der Waals surface area contributed by atoms with Crippen LogP contribution in [0.1, 0.15) is 19.3 Å². The van der Waals surface area contributed by atoms with Gasteiger partial charge >= 0.3 is 0 Å². The maximum atomic E-state index is 12.2. The molecule has 0 radical (unpaired) electrons. The van der Waals surface area contributed by atoms with E-state index in [-0.39, 0.29) is 5.56 Å². The van der Waals surface area contributed by atoms with Crippen molar-refractivity contribution in [3.8, 4) is 0 Å². The van der Waals surface area contributed by atoms with Gasteiger partial charge in [0, 0.05) is 31.6 Å². The van der Waals surface area contributed by atoms with Crippen LogP contribution >= 0.6 is 0 Å². The number of fused-ring (bicyclic) bond motifs is 1. The highest BCUT2D eigenvalue weighted by molar-refractivity contribution is 5.91. The smallest absolute Gasteiger partial charge is 0.252 e. The Balaban J connectivity index is 2.04. The van der Waals surface area contributed by atoms with Gasteiger partial charge in [0.25, 0.3) is 5.56 Å². The van der Waals surface area contributed by atoms with E-state index in [1.54, 1.807) is 10.6 Å². The number of aromatic nitrogens is 1. The molecule has 1 fully saturated rings. The number of anilines is 1. The van der Waals surface area contributed by atoms with Crippen molar-refractivity contribution in [3.05, 3.63) is 40.7 Å². The Morgan fingerprint density at radius 3 is 2.95 bits per heavy atom. The van der Waals surface area contributed by atoms with Gasteiger partial charge in [-0.25, -0.2) is 0 Å². The molecule has 4 heteroatoms. The maximum Gasteiger partial charge on any atom is 0.252 e. The van der Waals surface area contributed by atoms with Gasteiger partial charge in [0.15, 0.2) is 0 Å². The van der Waals surface area contributed by atoms with Gasteiger partial charge < -0.3 is 15.2 Å². The Hall–Kier alpha value is -1.81. The van der Waals surface area contributed by atoms with E-state index in [1.807, 2.05) is 25.2 Å². The zero-order valence-electron chi connectivity index (χ0n) is 12.6. The van der Waals surface area contributed by atoms with E-state index in [0.29, 0.717) is 5.92 Å². The van der Waals surface area contributed by atoms with Crippen LogP contribution in [0.5, 0.6) is 0 Å². The number of benzene rings is 1. The lowest BCUT2D eigenvalue weighted by atomic mass is 9.94. The van der Waals surface area contributed by atoms with Gasteiger partial charge in [-0.05, 0) is 37.8 Å². The lowest BCUT2D eigenvalue weighted by Gasteiger charge is -2.35. The minimum atomic E-state index is 0.0599. The van der Waals surface area contributed by atoms with Crippen molar-refractivity contribution in [1.82, 2.24) is 4.57 Å². The minimum Gasteiger partial charge on any atom is -0.371 e. The van der Waals surface area contributed by atoms with Gasteiger partial charge in [0.05, 0.1) is 11.2 Å². The zero-order chi connectivity index (χ0) is 14.8. The fraction of sp³-hybridized carbons (Fsp3) is 0.471. The minimum absolute atomic E-state index is 0.0599. The number of piperidine rings is 1. The van der Waals surface area contributed by atoms with E-state index in [4.69, 9.17) is 5.73 Å². The third-order valence-corrected chi connectivity index (χ3v) is 4.57. The third kappa shape index (κ3) is 2.68. The average Bonchev–Trinajstić information content (AvgIpc) is 2.51. The van der Waals surface area contributed by atoms with Crippen LogP contribution in [0.25, 0.3) is 10.9 Å². The Morgan fingerprint density at radius 1 is 1.33 bits per heavy atom. The van der Waals surface area contributed by atoms with Gasteiger partial charge in [-0.2, -0.15) is 0 Å². The highest BCUT2D eigenvalue weighted by atomic mass is 16.1. The van der Waals surface area contributed by atoms with E-state index < -0.39 is 0 Å². The molecule has 4 nitrogen and oxygen atoms in total. The van der Waals surface area contributed by atoms with Crippen molar-refractivity contribution in [2.75, 3.05) is 24.5 Å². The van der Waals surface area contributed by atoms with Crippen LogP contribution in [-0.2, 0) is 7.05 Å². The van der Waals surface area contributed by atoms with Crippen LogP contribution in [0.15, 0.2) is 35.1 Å². The largest absolute Gasteiger partial charge is 0.371 e. The summed E-state index contributed by atoms with van der Waals surface area (Å²) < 4.78 is 1.72. The molecule has 1 unspecified atom stereocenters. The first kappa shape index (κ1) is 14.1. The Labute approximate surface area is 125 Å². The second kappa shape index (κ2) is 5.90. The summed E-state index contributed by atoms with van der Waals surface area (Å²) in [5.41, 5.74) is 7.85. The van der Waals surface area contributed by atoms with Crippen molar-refractivity contribution in [3.63, 3.8) is 0 Å². The third-order valence-electron chi connectivity index (χ3n) is 4.57. The predicted octanol–water partition coefficient (Wildman–Crippen LogP) is 2.10. The number of hydrogen-bond donors (Lipinski definition) is 1. The van der Waals surface area contributed by atoms with Crippen molar-refractivity contribution < 1.29 is 0 Å². The van der Waals surface area contributed by atoms with Gasteiger partial charge in [-0.1, -0.05) is 18.2 Å². The quantitative estimate of drug-likeness (QED) is 0.939. The molecule has 1 aliphatic heterocycles. The van der Waals surface area contributed by atoms with Crippen LogP contribution in [0.2, 0.25) is 0 Å². The molecule has 0 bridgehead atoms. The molecule has 3 rings (SSSR count). The maximum absolute atomic E-state index is 12.2. The summed E-state index contributed by atoms with van der Waals surface area (Å²) in [4.78, 5) is 14.6. The van der Waals surface area contributed by atoms with Gasteiger partial charge in [0.1, 0.15) is 0 Å². The second-order valence-electron chi connectivity index (χ2n) is 5.98. The summed E-state index contributed by atoms with van der Waals surface area (Å²) in [6, 6.07) is 9.93. The van der Waals surface area contributed by atoms with Crippen molar-refractivity contribution >= 4 is 16.6 Å². The predicted molar refractivity (Wildman–Crippen MR) is 87.8 cm³/mol.